The van der Waals surface area contributed by atoms with E-state index in [0.29, 0.717) is 23.5 Å². The molecule has 0 aliphatic heterocycles. The van der Waals surface area contributed by atoms with Crippen molar-refractivity contribution in [2.75, 3.05) is 39.0 Å². The highest BCUT2D eigenvalue weighted by molar-refractivity contribution is 6.35. The summed E-state index contributed by atoms with van der Waals surface area (Å²) in [5.74, 6) is 0.0999. The third kappa shape index (κ3) is 4.02. The summed E-state index contributed by atoms with van der Waals surface area (Å²) in [4.78, 5) is 14.4. The van der Waals surface area contributed by atoms with Crippen molar-refractivity contribution in [3.63, 3.8) is 0 Å². The first-order valence-corrected chi connectivity index (χ1v) is 7.05. The predicted octanol–water partition coefficient (Wildman–Crippen LogP) is 2.00. The molecular weight excluding hydrogens is 278 g/mol. The predicted molar refractivity (Wildman–Crippen MR) is 82.5 cm³/mol. The monoisotopic (exact) mass is 299 g/mol. The number of anilines is 1. The van der Waals surface area contributed by atoms with Crippen molar-refractivity contribution < 1.29 is 9.53 Å². The summed E-state index contributed by atoms with van der Waals surface area (Å²) >= 11 is 6.03. The number of amides is 1. The van der Waals surface area contributed by atoms with E-state index in [2.05, 4.69) is 24.1 Å². The zero-order valence-electron chi connectivity index (χ0n) is 12.2. The number of rotatable bonds is 7. The van der Waals surface area contributed by atoms with E-state index in [9.17, 15) is 4.79 Å². The lowest BCUT2D eigenvalue weighted by Gasteiger charge is -2.18. The van der Waals surface area contributed by atoms with E-state index in [1.165, 1.54) is 7.11 Å². The molecule has 1 aromatic carbocycles. The van der Waals surface area contributed by atoms with Gasteiger partial charge in [0.05, 0.1) is 18.4 Å². The average Bonchev–Trinajstić information content (AvgIpc) is 2.46. The molecular formula is C14H22ClN3O2. The molecule has 0 unspecified atom stereocenters. The molecule has 0 bridgehead atoms. The van der Waals surface area contributed by atoms with Gasteiger partial charge >= 0.3 is 0 Å². The Hall–Kier alpha value is -1.46. The summed E-state index contributed by atoms with van der Waals surface area (Å²) in [6, 6.07) is 3.22. The molecule has 112 valence electrons. The van der Waals surface area contributed by atoms with Crippen LogP contribution in [0.5, 0.6) is 5.75 Å². The molecule has 0 saturated heterocycles. The Bertz CT molecular complexity index is 462. The molecule has 0 aliphatic rings. The molecule has 6 heteroatoms. The summed E-state index contributed by atoms with van der Waals surface area (Å²) in [5.41, 5.74) is 6.48. The van der Waals surface area contributed by atoms with Crippen molar-refractivity contribution in [2.24, 2.45) is 0 Å². The second kappa shape index (κ2) is 7.97. The number of nitrogens with one attached hydrogen (secondary N) is 1. The van der Waals surface area contributed by atoms with Gasteiger partial charge in [-0.3, -0.25) is 4.79 Å². The van der Waals surface area contributed by atoms with E-state index in [4.69, 9.17) is 22.1 Å². The summed E-state index contributed by atoms with van der Waals surface area (Å²) in [5, 5.41) is 3.13. The molecule has 0 spiro atoms. The first-order chi connectivity index (χ1) is 9.54. The van der Waals surface area contributed by atoms with Crippen LogP contribution in [0, 0.1) is 0 Å². The van der Waals surface area contributed by atoms with Crippen LogP contribution in [0.15, 0.2) is 12.1 Å². The largest absolute Gasteiger partial charge is 0.494 e. The maximum atomic E-state index is 12.1. The zero-order chi connectivity index (χ0) is 15.1. The molecule has 0 aliphatic carbocycles. The van der Waals surface area contributed by atoms with Gasteiger partial charge in [-0.15, -0.1) is 0 Å². The minimum Gasteiger partial charge on any atom is -0.494 e. The smallest absolute Gasteiger partial charge is 0.255 e. The van der Waals surface area contributed by atoms with E-state index in [-0.39, 0.29) is 10.9 Å². The van der Waals surface area contributed by atoms with Gasteiger partial charge in [-0.2, -0.15) is 0 Å². The minimum absolute atomic E-state index is 0.212. The van der Waals surface area contributed by atoms with E-state index in [1.54, 1.807) is 12.1 Å². The van der Waals surface area contributed by atoms with Crippen molar-refractivity contribution in [1.29, 1.82) is 0 Å². The number of halogens is 1. The fourth-order valence-corrected chi connectivity index (χ4v) is 2.15. The van der Waals surface area contributed by atoms with Crippen LogP contribution in [0.3, 0.4) is 0 Å². The van der Waals surface area contributed by atoms with Gasteiger partial charge in [0.25, 0.3) is 5.91 Å². The van der Waals surface area contributed by atoms with Crippen LogP contribution in [-0.2, 0) is 0 Å². The molecule has 0 fully saturated rings. The van der Waals surface area contributed by atoms with Crippen LogP contribution in [0.1, 0.15) is 24.2 Å². The van der Waals surface area contributed by atoms with Crippen molar-refractivity contribution in [3.8, 4) is 5.75 Å². The minimum atomic E-state index is -0.212. The van der Waals surface area contributed by atoms with Crippen molar-refractivity contribution >= 4 is 23.2 Å². The lowest BCUT2D eigenvalue weighted by atomic mass is 10.1. The first kappa shape index (κ1) is 16.6. The standard InChI is InChI=1S/C14H22ClN3O2/c1-4-18(5-2)9-8-17-14(19)10-6-7-11(16)12(15)13(10)20-3/h6-7H,4-5,8-9,16H2,1-3H3,(H,17,19). The van der Waals surface area contributed by atoms with E-state index >= 15 is 0 Å². The molecule has 1 rings (SSSR count). The second-order valence-corrected chi connectivity index (χ2v) is 4.71. The molecule has 1 amide bonds. The van der Waals surface area contributed by atoms with Gasteiger partial charge < -0.3 is 20.7 Å². The fourth-order valence-electron chi connectivity index (χ4n) is 1.91. The highest BCUT2D eigenvalue weighted by Crippen LogP contribution is 2.33. The van der Waals surface area contributed by atoms with Crippen molar-refractivity contribution in [2.45, 2.75) is 13.8 Å². The average molecular weight is 300 g/mol. The lowest BCUT2D eigenvalue weighted by Crippen LogP contribution is -2.34. The van der Waals surface area contributed by atoms with E-state index in [1.807, 2.05) is 0 Å². The molecule has 0 saturated carbocycles. The summed E-state index contributed by atoms with van der Waals surface area (Å²) < 4.78 is 5.16. The first-order valence-electron chi connectivity index (χ1n) is 6.67. The van der Waals surface area contributed by atoms with Gasteiger partial charge in [-0.05, 0) is 25.2 Å². The number of carbonyl (C=O) groups is 1. The zero-order valence-corrected chi connectivity index (χ0v) is 13.0. The Morgan fingerprint density at radius 3 is 2.60 bits per heavy atom. The van der Waals surface area contributed by atoms with Crippen molar-refractivity contribution in [3.05, 3.63) is 22.7 Å². The van der Waals surface area contributed by atoms with Gasteiger partial charge in [0.15, 0.2) is 5.75 Å². The third-order valence-corrected chi connectivity index (χ3v) is 3.57. The molecule has 0 radical (unpaired) electrons. The van der Waals surface area contributed by atoms with Gasteiger partial charge in [0.1, 0.15) is 5.02 Å². The lowest BCUT2D eigenvalue weighted by molar-refractivity contribution is 0.0946. The Balaban J connectivity index is 2.71. The molecule has 20 heavy (non-hydrogen) atoms. The van der Waals surface area contributed by atoms with Crippen LogP contribution in [0.25, 0.3) is 0 Å². The number of nitrogens with zero attached hydrogens (tertiary/aromatic N) is 1. The van der Waals surface area contributed by atoms with Crippen LogP contribution in [0.2, 0.25) is 5.02 Å². The van der Waals surface area contributed by atoms with Crippen LogP contribution in [-0.4, -0.2) is 44.1 Å². The highest BCUT2D eigenvalue weighted by atomic mass is 35.5. The summed E-state index contributed by atoms with van der Waals surface area (Å²) in [6.07, 6.45) is 0. The molecule has 3 N–H and O–H groups in total. The molecule has 5 nitrogen and oxygen atoms in total. The van der Waals surface area contributed by atoms with Crippen LogP contribution in [0.4, 0.5) is 5.69 Å². The van der Waals surface area contributed by atoms with E-state index < -0.39 is 0 Å². The third-order valence-electron chi connectivity index (χ3n) is 3.18. The number of hydrogen-bond donors (Lipinski definition) is 2. The Labute approximate surface area is 125 Å². The van der Waals surface area contributed by atoms with Gasteiger partial charge in [0, 0.05) is 13.1 Å². The van der Waals surface area contributed by atoms with Gasteiger partial charge in [-0.25, -0.2) is 0 Å². The van der Waals surface area contributed by atoms with Gasteiger partial charge in [-0.1, -0.05) is 25.4 Å². The topological polar surface area (TPSA) is 67.6 Å². The number of hydrogen-bond acceptors (Lipinski definition) is 4. The number of carbonyl (C=O) groups excluding carboxylic acids is 1. The highest BCUT2D eigenvalue weighted by Gasteiger charge is 2.16. The van der Waals surface area contributed by atoms with Crippen LogP contribution >= 0.6 is 11.6 Å². The van der Waals surface area contributed by atoms with E-state index in [0.717, 1.165) is 19.6 Å². The Morgan fingerprint density at radius 1 is 1.40 bits per heavy atom. The number of benzene rings is 1. The second-order valence-electron chi connectivity index (χ2n) is 4.33. The number of nitrogens with two attached hydrogens (primary N) is 1. The summed E-state index contributed by atoms with van der Waals surface area (Å²) in [6.45, 7) is 7.49. The molecule has 0 atom stereocenters. The fraction of sp³-hybridized carbons (Fsp3) is 0.500. The molecule has 0 heterocycles. The normalized spacial score (nSPS) is 10.7. The maximum absolute atomic E-state index is 12.1. The van der Waals surface area contributed by atoms with Crippen LogP contribution < -0.4 is 15.8 Å². The van der Waals surface area contributed by atoms with Crippen molar-refractivity contribution in [1.82, 2.24) is 10.2 Å². The quantitative estimate of drug-likeness (QED) is 0.756. The Morgan fingerprint density at radius 2 is 2.05 bits per heavy atom. The summed E-state index contributed by atoms with van der Waals surface area (Å²) in [7, 11) is 1.47. The molecule has 1 aromatic rings. The van der Waals surface area contributed by atoms with Gasteiger partial charge in [0.2, 0.25) is 0 Å². The number of likely N-dealkylation sites (N-methyl/N-ethyl adjacent to an activating group) is 1. The maximum Gasteiger partial charge on any atom is 0.255 e. The Kier molecular flexibility index (Phi) is 6.61. The SMILES string of the molecule is CCN(CC)CCNC(=O)c1ccc(N)c(Cl)c1OC. The number of nitrogen functional groups attached to an aromatic ring is 1. The molecule has 0 aromatic heterocycles. The number of ether oxygens (including phenoxy) is 1. The number of methoxy groups -OCH3 is 1.